The molecule has 5 nitrogen and oxygen atoms in total. The quantitative estimate of drug-likeness (QED) is 0.513. The minimum Gasteiger partial charge on any atom is -0.492 e. The number of carbonyl (C=O) groups is 1. The lowest BCUT2D eigenvalue weighted by molar-refractivity contribution is 0.235. The lowest BCUT2D eigenvalue weighted by Gasteiger charge is -2.25. The molecule has 1 aliphatic heterocycles. The zero-order valence-electron chi connectivity index (χ0n) is 13.2. The van der Waals surface area contributed by atoms with E-state index < -0.39 is 16.1 Å². The SMILES string of the molecule is CCOc1ccc(N2C(=O)N(SC(F)(Cl)Cl)NC2C(C)C)cc1Cl. The fourth-order valence-corrected chi connectivity index (χ4v) is 3.43. The van der Waals surface area contributed by atoms with Crippen LogP contribution in [0.2, 0.25) is 5.02 Å². The van der Waals surface area contributed by atoms with E-state index in [1.165, 1.54) is 4.90 Å². The van der Waals surface area contributed by atoms with Crippen LogP contribution in [0.4, 0.5) is 14.9 Å². The standard InChI is InChI=1S/C14H17Cl3FN3O2S/c1-4-23-11-6-5-9(7-10(11)15)20-12(8(2)3)19-21(13(20)22)24-14(16,17)18/h5-8,12,19H,4H2,1-3H3. The maximum absolute atomic E-state index is 13.5. The van der Waals surface area contributed by atoms with Crippen LogP contribution in [0.1, 0.15) is 20.8 Å². The van der Waals surface area contributed by atoms with E-state index in [0.29, 0.717) is 35.0 Å². The van der Waals surface area contributed by atoms with Gasteiger partial charge in [0, 0.05) is 17.6 Å². The number of hydrogen-bond donors (Lipinski definition) is 1. The van der Waals surface area contributed by atoms with Gasteiger partial charge in [-0.3, -0.25) is 4.90 Å². The van der Waals surface area contributed by atoms with Crippen molar-refractivity contribution in [2.24, 2.45) is 5.92 Å². The Morgan fingerprint density at radius 3 is 2.62 bits per heavy atom. The predicted octanol–water partition coefficient (Wildman–Crippen LogP) is 5.17. The Morgan fingerprint density at radius 1 is 1.46 bits per heavy atom. The molecule has 0 bridgehead atoms. The summed E-state index contributed by atoms with van der Waals surface area (Å²) in [5.74, 6) is 0.559. The molecule has 2 rings (SSSR count). The third-order valence-electron chi connectivity index (χ3n) is 3.23. The van der Waals surface area contributed by atoms with Crippen LogP contribution in [-0.4, -0.2) is 27.1 Å². The van der Waals surface area contributed by atoms with Crippen molar-refractivity contribution in [1.82, 2.24) is 9.84 Å². The van der Waals surface area contributed by atoms with Gasteiger partial charge < -0.3 is 4.74 Å². The van der Waals surface area contributed by atoms with Crippen LogP contribution in [-0.2, 0) is 0 Å². The van der Waals surface area contributed by atoms with E-state index in [1.54, 1.807) is 18.2 Å². The van der Waals surface area contributed by atoms with Crippen molar-refractivity contribution in [3.8, 4) is 5.75 Å². The molecule has 1 unspecified atom stereocenters. The van der Waals surface area contributed by atoms with E-state index in [9.17, 15) is 9.18 Å². The highest BCUT2D eigenvalue weighted by molar-refractivity contribution is 8.01. The summed E-state index contributed by atoms with van der Waals surface area (Å²) >= 11 is 17.2. The fraction of sp³-hybridized carbons (Fsp3) is 0.500. The Hall–Kier alpha value is -0.600. The zero-order chi connectivity index (χ0) is 18.1. The van der Waals surface area contributed by atoms with Gasteiger partial charge >= 0.3 is 9.95 Å². The van der Waals surface area contributed by atoms with Crippen LogP contribution in [0, 0.1) is 5.92 Å². The van der Waals surface area contributed by atoms with Crippen LogP contribution in [0.25, 0.3) is 0 Å². The average Bonchev–Trinajstić information content (AvgIpc) is 2.77. The second-order valence-electron chi connectivity index (χ2n) is 5.35. The van der Waals surface area contributed by atoms with E-state index >= 15 is 0 Å². The van der Waals surface area contributed by atoms with Crippen LogP contribution in [0.3, 0.4) is 0 Å². The summed E-state index contributed by atoms with van der Waals surface area (Å²) < 4.78 is 17.2. The second kappa shape index (κ2) is 7.74. The molecule has 1 fully saturated rings. The molecule has 2 amide bonds. The normalized spacial score (nSPS) is 18.7. The van der Waals surface area contributed by atoms with E-state index in [2.05, 4.69) is 5.43 Å². The van der Waals surface area contributed by atoms with Gasteiger partial charge in [0.15, 0.2) is 0 Å². The summed E-state index contributed by atoms with van der Waals surface area (Å²) in [7, 11) is 0. The van der Waals surface area contributed by atoms with Gasteiger partial charge in [0.2, 0.25) is 0 Å². The highest BCUT2D eigenvalue weighted by Crippen LogP contribution is 2.41. The third-order valence-corrected chi connectivity index (χ3v) is 4.59. The van der Waals surface area contributed by atoms with Gasteiger partial charge in [-0.1, -0.05) is 48.7 Å². The largest absolute Gasteiger partial charge is 0.492 e. The molecule has 0 saturated carbocycles. The second-order valence-corrected chi connectivity index (χ2v) is 8.55. The summed E-state index contributed by atoms with van der Waals surface area (Å²) in [6, 6.07) is 4.52. The molecular formula is C14H17Cl3FN3O2S. The number of alkyl halides is 3. The fourth-order valence-electron chi connectivity index (χ4n) is 2.25. The molecule has 1 aliphatic rings. The highest BCUT2D eigenvalue weighted by Gasteiger charge is 2.44. The van der Waals surface area contributed by atoms with Crippen molar-refractivity contribution < 1.29 is 13.9 Å². The summed E-state index contributed by atoms with van der Waals surface area (Å²) in [6.07, 6.45) is -0.408. The Kier molecular flexibility index (Phi) is 6.36. The molecule has 0 radical (unpaired) electrons. The van der Waals surface area contributed by atoms with Crippen LogP contribution in [0.5, 0.6) is 5.75 Å². The van der Waals surface area contributed by atoms with E-state index in [-0.39, 0.29) is 5.92 Å². The number of anilines is 1. The maximum Gasteiger partial charge on any atom is 0.350 e. The van der Waals surface area contributed by atoms with Gasteiger partial charge in [-0.05, 0) is 31.0 Å². The molecule has 1 aromatic carbocycles. The lowest BCUT2D eigenvalue weighted by Crippen LogP contribution is -2.41. The minimum atomic E-state index is -2.63. The predicted molar refractivity (Wildman–Crippen MR) is 97.2 cm³/mol. The van der Waals surface area contributed by atoms with Gasteiger partial charge in [-0.2, -0.15) is 14.2 Å². The molecule has 1 saturated heterocycles. The van der Waals surface area contributed by atoms with Crippen molar-refractivity contribution in [1.29, 1.82) is 0 Å². The molecule has 134 valence electrons. The first-order valence-electron chi connectivity index (χ1n) is 7.21. The number of rotatable bonds is 6. The van der Waals surface area contributed by atoms with E-state index in [4.69, 9.17) is 39.5 Å². The average molecular weight is 417 g/mol. The maximum atomic E-state index is 13.5. The highest BCUT2D eigenvalue weighted by atomic mass is 35.5. The summed E-state index contributed by atoms with van der Waals surface area (Å²) in [5.41, 5.74) is 3.45. The molecule has 10 heteroatoms. The van der Waals surface area contributed by atoms with Gasteiger partial charge in [-0.15, -0.1) is 0 Å². The van der Waals surface area contributed by atoms with Gasteiger partial charge in [0.05, 0.1) is 11.6 Å². The van der Waals surface area contributed by atoms with E-state index in [0.717, 1.165) is 4.41 Å². The molecule has 0 aliphatic carbocycles. The minimum absolute atomic E-state index is 0.0320. The van der Waals surface area contributed by atoms with Gasteiger partial charge in [0.25, 0.3) is 0 Å². The first-order chi connectivity index (χ1) is 11.1. The number of nitrogens with one attached hydrogen (secondary N) is 1. The number of ether oxygens (including phenoxy) is 1. The number of nitrogens with zero attached hydrogens (tertiary/aromatic N) is 2. The van der Waals surface area contributed by atoms with E-state index in [1.807, 2.05) is 20.8 Å². The molecular weight excluding hydrogens is 400 g/mol. The van der Waals surface area contributed by atoms with Crippen molar-refractivity contribution in [3.05, 3.63) is 23.2 Å². The Morgan fingerprint density at radius 2 is 2.12 bits per heavy atom. The number of hydrogen-bond acceptors (Lipinski definition) is 4. The third kappa shape index (κ3) is 4.52. The molecule has 0 aromatic heterocycles. The summed E-state index contributed by atoms with van der Waals surface area (Å²) in [6.45, 7) is 6.18. The van der Waals surface area contributed by atoms with Crippen molar-refractivity contribution in [2.75, 3.05) is 11.5 Å². The van der Waals surface area contributed by atoms with Crippen molar-refractivity contribution in [2.45, 2.75) is 30.9 Å². The number of carbonyl (C=O) groups excluding carboxylic acids is 1. The molecule has 24 heavy (non-hydrogen) atoms. The molecule has 1 aromatic rings. The molecule has 1 N–H and O–H groups in total. The van der Waals surface area contributed by atoms with Crippen LogP contribution < -0.4 is 15.1 Å². The monoisotopic (exact) mass is 415 g/mol. The van der Waals surface area contributed by atoms with Gasteiger partial charge in [0.1, 0.15) is 11.9 Å². The molecule has 1 heterocycles. The first-order valence-corrected chi connectivity index (χ1v) is 9.12. The lowest BCUT2D eigenvalue weighted by atomic mass is 10.1. The topological polar surface area (TPSA) is 44.8 Å². The Balaban J connectivity index is 2.32. The van der Waals surface area contributed by atoms with Crippen molar-refractivity contribution in [3.63, 3.8) is 0 Å². The molecule has 1 atom stereocenters. The number of amides is 2. The Labute approximate surface area is 159 Å². The van der Waals surface area contributed by atoms with Gasteiger partial charge in [-0.25, -0.2) is 4.79 Å². The van der Waals surface area contributed by atoms with Crippen LogP contribution >= 0.6 is 46.8 Å². The summed E-state index contributed by atoms with van der Waals surface area (Å²) in [5, 5.41) is 0.380. The smallest absolute Gasteiger partial charge is 0.350 e. The first kappa shape index (κ1) is 19.7. The van der Waals surface area contributed by atoms with Crippen molar-refractivity contribution >= 4 is 58.5 Å². The number of benzene rings is 1. The number of hydrazine groups is 1. The number of halogens is 4. The Bertz CT molecular complexity index is 615. The molecule has 0 spiro atoms. The number of urea groups is 1. The summed E-state index contributed by atoms with van der Waals surface area (Å²) in [4.78, 5) is 14.1. The van der Waals surface area contributed by atoms with Crippen LogP contribution in [0.15, 0.2) is 18.2 Å². The zero-order valence-corrected chi connectivity index (χ0v) is 16.3.